The maximum absolute atomic E-state index is 11.8. The standard InChI is InChI=1S/C14H17NO3/c1-10(16)11-8-13-14(18-7-6-17-13)9-12(11)15-4-2-3-5-15/h8-9H,2-7H2,1H3. The van der Waals surface area contributed by atoms with E-state index in [-0.39, 0.29) is 5.78 Å². The number of benzene rings is 1. The fraction of sp³-hybridized carbons (Fsp3) is 0.500. The highest BCUT2D eigenvalue weighted by molar-refractivity contribution is 6.00. The van der Waals surface area contributed by atoms with Crippen LogP contribution in [0.25, 0.3) is 0 Å². The van der Waals surface area contributed by atoms with Gasteiger partial charge in [-0.15, -0.1) is 0 Å². The Labute approximate surface area is 106 Å². The highest BCUT2D eigenvalue weighted by Gasteiger charge is 2.22. The lowest BCUT2D eigenvalue weighted by Crippen LogP contribution is -2.22. The Morgan fingerprint density at radius 2 is 1.72 bits per heavy atom. The van der Waals surface area contributed by atoms with Crippen molar-refractivity contribution >= 4 is 11.5 Å². The van der Waals surface area contributed by atoms with Crippen LogP contribution in [0, 0.1) is 0 Å². The molecule has 3 rings (SSSR count). The van der Waals surface area contributed by atoms with Crippen LogP contribution in [0.3, 0.4) is 0 Å². The predicted molar refractivity (Wildman–Crippen MR) is 68.9 cm³/mol. The Balaban J connectivity index is 2.06. The van der Waals surface area contributed by atoms with Crippen LogP contribution in [0.15, 0.2) is 12.1 Å². The quantitative estimate of drug-likeness (QED) is 0.751. The maximum atomic E-state index is 11.8. The molecule has 4 heteroatoms. The summed E-state index contributed by atoms with van der Waals surface area (Å²) in [5.41, 5.74) is 1.73. The molecule has 0 saturated carbocycles. The zero-order chi connectivity index (χ0) is 12.5. The van der Waals surface area contributed by atoms with Crippen LogP contribution in [0.5, 0.6) is 11.5 Å². The van der Waals surface area contributed by atoms with Gasteiger partial charge in [0.25, 0.3) is 0 Å². The number of fused-ring (bicyclic) bond motifs is 1. The minimum absolute atomic E-state index is 0.0777. The molecule has 0 aliphatic carbocycles. The molecule has 0 amide bonds. The molecule has 96 valence electrons. The van der Waals surface area contributed by atoms with Crippen molar-refractivity contribution in [1.29, 1.82) is 0 Å². The van der Waals surface area contributed by atoms with Crippen molar-refractivity contribution in [3.05, 3.63) is 17.7 Å². The predicted octanol–water partition coefficient (Wildman–Crippen LogP) is 2.26. The molecule has 1 saturated heterocycles. The van der Waals surface area contributed by atoms with Gasteiger partial charge in [-0.3, -0.25) is 4.79 Å². The van der Waals surface area contributed by atoms with Crippen LogP contribution in [-0.4, -0.2) is 32.1 Å². The van der Waals surface area contributed by atoms with E-state index in [4.69, 9.17) is 9.47 Å². The second-order valence-electron chi connectivity index (χ2n) is 4.76. The number of hydrogen-bond acceptors (Lipinski definition) is 4. The van der Waals surface area contributed by atoms with Crippen LogP contribution in [0.2, 0.25) is 0 Å². The van der Waals surface area contributed by atoms with E-state index >= 15 is 0 Å². The molecule has 0 N–H and O–H groups in total. The number of Topliss-reactive ketones (excluding diaryl/α,β-unsaturated/α-hetero) is 1. The maximum Gasteiger partial charge on any atom is 0.163 e. The summed E-state index contributed by atoms with van der Waals surface area (Å²) in [4.78, 5) is 14.0. The average molecular weight is 247 g/mol. The molecule has 18 heavy (non-hydrogen) atoms. The van der Waals surface area contributed by atoms with Crippen molar-refractivity contribution in [2.75, 3.05) is 31.2 Å². The zero-order valence-electron chi connectivity index (χ0n) is 10.6. The van der Waals surface area contributed by atoms with Crippen molar-refractivity contribution in [2.24, 2.45) is 0 Å². The summed E-state index contributed by atoms with van der Waals surface area (Å²) < 4.78 is 11.1. The van der Waals surface area contributed by atoms with Gasteiger partial charge in [0.05, 0.1) is 5.69 Å². The number of ether oxygens (including phenoxy) is 2. The summed E-state index contributed by atoms with van der Waals surface area (Å²) in [6.45, 7) is 4.75. The highest BCUT2D eigenvalue weighted by atomic mass is 16.6. The number of nitrogens with zero attached hydrogens (tertiary/aromatic N) is 1. The third-order valence-electron chi connectivity index (χ3n) is 3.49. The van der Waals surface area contributed by atoms with Gasteiger partial charge in [-0.2, -0.15) is 0 Å². The van der Waals surface area contributed by atoms with E-state index in [1.807, 2.05) is 12.1 Å². The molecule has 0 aromatic heterocycles. The number of carbonyl (C=O) groups excluding carboxylic acids is 1. The Kier molecular flexibility index (Phi) is 2.86. The van der Waals surface area contributed by atoms with Crippen molar-refractivity contribution < 1.29 is 14.3 Å². The third-order valence-corrected chi connectivity index (χ3v) is 3.49. The molecule has 1 fully saturated rings. The zero-order valence-corrected chi connectivity index (χ0v) is 10.6. The lowest BCUT2D eigenvalue weighted by Gasteiger charge is -2.25. The van der Waals surface area contributed by atoms with Crippen molar-refractivity contribution in [2.45, 2.75) is 19.8 Å². The lowest BCUT2D eigenvalue weighted by atomic mass is 10.1. The molecular formula is C14H17NO3. The second kappa shape index (κ2) is 4.52. The Hall–Kier alpha value is -1.71. The van der Waals surface area contributed by atoms with Crippen LogP contribution < -0.4 is 14.4 Å². The molecule has 0 bridgehead atoms. The molecule has 0 unspecified atom stereocenters. The van der Waals surface area contributed by atoms with Gasteiger partial charge in [0.2, 0.25) is 0 Å². The number of carbonyl (C=O) groups is 1. The van der Waals surface area contributed by atoms with Crippen molar-refractivity contribution in [1.82, 2.24) is 0 Å². The average Bonchev–Trinajstić information content (AvgIpc) is 2.91. The van der Waals surface area contributed by atoms with Gasteiger partial charge in [0, 0.05) is 24.7 Å². The van der Waals surface area contributed by atoms with E-state index in [0.717, 1.165) is 30.1 Å². The van der Waals surface area contributed by atoms with E-state index in [9.17, 15) is 4.79 Å². The van der Waals surface area contributed by atoms with E-state index in [2.05, 4.69) is 4.90 Å². The smallest absolute Gasteiger partial charge is 0.163 e. The molecule has 0 radical (unpaired) electrons. The first-order valence-electron chi connectivity index (χ1n) is 6.45. The molecule has 4 nitrogen and oxygen atoms in total. The number of rotatable bonds is 2. The minimum Gasteiger partial charge on any atom is -0.486 e. The van der Waals surface area contributed by atoms with Gasteiger partial charge < -0.3 is 14.4 Å². The minimum atomic E-state index is 0.0777. The van der Waals surface area contributed by atoms with Crippen molar-refractivity contribution in [3.63, 3.8) is 0 Å². The molecule has 0 spiro atoms. The molecule has 2 heterocycles. The first-order valence-corrected chi connectivity index (χ1v) is 6.45. The number of ketones is 1. The Bertz CT molecular complexity index is 478. The van der Waals surface area contributed by atoms with Gasteiger partial charge in [0.1, 0.15) is 13.2 Å². The largest absolute Gasteiger partial charge is 0.486 e. The highest BCUT2D eigenvalue weighted by Crippen LogP contribution is 2.38. The molecule has 2 aliphatic heterocycles. The topological polar surface area (TPSA) is 38.8 Å². The summed E-state index contributed by atoms with van der Waals surface area (Å²) in [5, 5.41) is 0. The normalized spacial score (nSPS) is 17.9. The van der Waals surface area contributed by atoms with E-state index < -0.39 is 0 Å². The molecule has 2 aliphatic rings. The first kappa shape index (κ1) is 11.4. The van der Waals surface area contributed by atoms with Gasteiger partial charge in [-0.05, 0) is 25.8 Å². The van der Waals surface area contributed by atoms with Gasteiger partial charge in [-0.1, -0.05) is 0 Å². The number of hydrogen-bond donors (Lipinski definition) is 0. The molecule has 0 atom stereocenters. The van der Waals surface area contributed by atoms with Crippen LogP contribution >= 0.6 is 0 Å². The van der Waals surface area contributed by atoms with E-state index in [1.54, 1.807) is 6.92 Å². The van der Waals surface area contributed by atoms with Gasteiger partial charge in [0.15, 0.2) is 17.3 Å². The molecule has 1 aromatic rings. The van der Waals surface area contributed by atoms with E-state index in [1.165, 1.54) is 12.8 Å². The molecule has 1 aromatic carbocycles. The third kappa shape index (κ3) is 1.92. The Morgan fingerprint density at radius 3 is 2.33 bits per heavy atom. The summed E-state index contributed by atoms with van der Waals surface area (Å²) in [5.74, 6) is 1.52. The summed E-state index contributed by atoms with van der Waals surface area (Å²) >= 11 is 0. The Morgan fingerprint density at radius 1 is 1.11 bits per heavy atom. The fourth-order valence-corrected chi connectivity index (χ4v) is 2.58. The van der Waals surface area contributed by atoms with Crippen LogP contribution in [0.1, 0.15) is 30.1 Å². The van der Waals surface area contributed by atoms with Crippen molar-refractivity contribution in [3.8, 4) is 11.5 Å². The summed E-state index contributed by atoms with van der Waals surface area (Å²) in [6.07, 6.45) is 2.37. The van der Waals surface area contributed by atoms with Gasteiger partial charge >= 0.3 is 0 Å². The van der Waals surface area contributed by atoms with Crippen LogP contribution in [0.4, 0.5) is 5.69 Å². The van der Waals surface area contributed by atoms with E-state index in [0.29, 0.717) is 19.0 Å². The second-order valence-corrected chi connectivity index (χ2v) is 4.76. The first-order chi connectivity index (χ1) is 8.75. The molecular weight excluding hydrogens is 230 g/mol. The summed E-state index contributed by atoms with van der Waals surface area (Å²) in [6, 6.07) is 3.78. The monoisotopic (exact) mass is 247 g/mol. The van der Waals surface area contributed by atoms with Crippen LogP contribution in [-0.2, 0) is 0 Å². The number of anilines is 1. The SMILES string of the molecule is CC(=O)c1cc2c(cc1N1CCCC1)OCCO2. The van der Waals surface area contributed by atoms with Gasteiger partial charge in [-0.25, -0.2) is 0 Å². The summed E-state index contributed by atoms with van der Waals surface area (Å²) in [7, 11) is 0. The fourth-order valence-electron chi connectivity index (χ4n) is 2.58. The lowest BCUT2D eigenvalue weighted by molar-refractivity contribution is 0.101.